The van der Waals surface area contributed by atoms with Gasteiger partial charge in [-0.1, -0.05) is 12.1 Å². The molecular formula is C15H18FN3. The molecule has 1 atom stereocenters. The Labute approximate surface area is 112 Å². The van der Waals surface area contributed by atoms with E-state index in [9.17, 15) is 4.39 Å². The van der Waals surface area contributed by atoms with E-state index in [1.54, 1.807) is 12.1 Å². The van der Waals surface area contributed by atoms with Crippen molar-refractivity contribution in [3.63, 3.8) is 0 Å². The van der Waals surface area contributed by atoms with E-state index >= 15 is 0 Å². The smallest absolute Gasteiger partial charge is 0.123 e. The third kappa shape index (κ3) is 2.84. The first-order chi connectivity index (χ1) is 9.33. The molecule has 0 aliphatic carbocycles. The summed E-state index contributed by atoms with van der Waals surface area (Å²) in [5.74, 6) is 0.430. The zero-order valence-electron chi connectivity index (χ0n) is 10.8. The second-order valence-corrected chi connectivity index (χ2v) is 5.15. The number of nitrogens with zero attached hydrogens (tertiary/aromatic N) is 2. The van der Waals surface area contributed by atoms with Crippen LogP contribution < -0.4 is 5.32 Å². The molecule has 2 aromatic rings. The standard InChI is InChI=1S/C15H18FN3/c16-14-5-1-4-13(7-14)15-9-18-11-19(15)10-12-3-2-6-17-8-12/h1,4-5,7,9,11-12,17H,2-3,6,8,10H2. The summed E-state index contributed by atoms with van der Waals surface area (Å²) in [6.45, 7) is 3.12. The minimum atomic E-state index is -0.204. The predicted octanol–water partition coefficient (Wildman–Crippen LogP) is 2.69. The molecule has 1 aliphatic rings. The molecule has 2 heterocycles. The zero-order valence-corrected chi connectivity index (χ0v) is 10.8. The molecule has 0 bridgehead atoms. The molecule has 0 saturated carbocycles. The van der Waals surface area contributed by atoms with E-state index in [1.807, 2.05) is 18.6 Å². The van der Waals surface area contributed by atoms with Crippen molar-refractivity contribution >= 4 is 0 Å². The minimum absolute atomic E-state index is 0.204. The van der Waals surface area contributed by atoms with E-state index in [-0.39, 0.29) is 5.82 Å². The van der Waals surface area contributed by atoms with Gasteiger partial charge in [-0.25, -0.2) is 9.37 Å². The second kappa shape index (κ2) is 5.53. The van der Waals surface area contributed by atoms with Crippen LogP contribution in [0.2, 0.25) is 0 Å². The maximum absolute atomic E-state index is 13.3. The topological polar surface area (TPSA) is 29.9 Å². The van der Waals surface area contributed by atoms with Crippen LogP contribution in [0.4, 0.5) is 4.39 Å². The third-order valence-corrected chi connectivity index (χ3v) is 3.69. The quantitative estimate of drug-likeness (QED) is 0.918. The van der Waals surface area contributed by atoms with E-state index in [0.717, 1.165) is 30.9 Å². The molecule has 19 heavy (non-hydrogen) atoms. The zero-order chi connectivity index (χ0) is 13.1. The van der Waals surface area contributed by atoms with Crippen molar-refractivity contribution in [2.75, 3.05) is 13.1 Å². The Balaban J connectivity index is 1.81. The van der Waals surface area contributed by atoms with Gasteiger partial charge < -0.3 is 9.88 Å². The van der Waals surface area contributed by atoms with Gasteiger partial charge in [0.1, 0.15) is 5.82 Å². The Hall–Kier alpha value is -1.68. The second-order valence-electron chi connectivity index (χ2n) is 5.15. The van der Waals surface area contributed by atoms with Crippen LogP contribution in [0.25, 0.3) is 11.3 Å². The molecule has 1 fully saturated rings. The van der Waals surface area contributed by atoms with Crippen molar-refractivity contribution in [1.29, 1.82) is 0 Å². The number of imidazole rings is 1. The molecule has 1 aromatic carbocycles. The van der Waals surface area contributed by atoms with Crippen molar-refractivity contribution in [3.05, 3.63) is 42.6 Å². The molecule has 1 N–H and O–H groups in total. The summed E-state index contributed by atoms with van der Waals surface area (Å²) in [6, 6.07) is 6.70. The molecule has 3 nitrogen and oxygen atoms in total. The fourth-order valence-electron chi connectivity index (χ4n) is 2.71. The number of rotatable bonds is 3. The van der Waals surface area contributed by atoms with Crippen LogP contribution in [0.3, 0.4) is 0 Å². The largest absolute Gasteiger partial charge is 0.330 e. The minimum Gasteiger partial charge on any atom is -0.330 e. The van der Waals surface area contributed by atoms with Crippen LogP contribution in [0.15, 0.2) is 36.8 Å². The van der Waals surface area contributed by atoms with Crippen molar-refractivity contribution in [2.45, 2.75) is 19.4 Å². The van der Waals surface area contributed by atoms with Crippen LogP contribution in [0.1, 0.15) is 12.8 Å². The average molecular weight is 259 g/mol. The fourth-order valence-corrected chi connectivity index (χ4v) is 2.71. The first-order valence-electron chi connectivity index (χ1n) is 6.80. The van der Waals surface area contributed by atoms with Gasteiger partial charge >= 0.3 is 0 Å². The summed E-state index contributed by atoms with van der Waals surface area (Å²) in [5.41, 5.74) is 1.88. The molecule has 0 spiro atoms. The monoisotopic (exact) mass is 259 g/mol. The maximum Gasteiger partial charge on any atom is 0.123 e. The SMILES string of the molecule is Fc1cccc(-c2cncn2CC2CCCNC2)c1. The Kier molecular flexibility index (Phi) is 3.60. The molecular weight excluding hydrogens is 241 g/mol. The maximum atomic E-state index is 13.3. The van der Waals surface area contributed by atoms with Gasteiger partial charge in [-0.15, -0.1) is 0 Å². The van der Waals surface area contributed by atoms with E-state index in [1.165, 1.54) is 18.9 Å². The van der Waals surface area contributed by atoms with E-state index < -0.39 is 0 Å². The number of aromatic nitrogens is 2. The summed E-state index contributed by atoms with van der Waals surface area (Å²) in [7, 11) is 0. The molecule has 0 radical (unpaired) electrons. The van der Waals surface area contributed by atoms with Gasteiger partial charge in [-0.05, 0) is 44.0 Å². The Morgan fingerprint density at radius 2 is 2.37 bits per heavy atom. The van der Waals surface area contributed by atoms with Crippen LogP contribution in [-0.2, 0) is 6.54 Å². The lowest BCUT2D eigenvalue weighted by Gasteiger charge is -2.23. The van der Waals surface area contributed by atoms with Gasteiger partial charge in [0.05, 0.1) is 18.2 Å². The summed E-state index contributed by atoms with van der Waals surface area (Å²) >= 11 is 0. The van der Waals surface area contributed by atoms with Crippen molar-refractivity contribution < 1.29 is 4.39 Å². The first-order valence-corrected chi connectivity index (χ1v) is 6.80. The summed E-state index contributed by atoms with van der Waals surface area (Å²) in [6.07, 6.45) is 6.13. The Morgan fingerprint density at radius 1 is 1.42 bits per heavy atom. The van der Waals surface area contributed by atoms with Crippen LogP contribution in [-0.4, -0.2) is 22.6 Å². The lowest BCUT2D eigenvalue weighted by Crippen LogP contribution is -2.32. The van der Waals surface area contributed by atoms with Gasteiger partial charge in [-0.2, -0.15) is 0 Å². The third-order valence-electron chi connectivity index (χ3n) is 3.69. The Morgan fingerprint density at radius 3 is 3.16 bits per heavy atom. The lowest BCUT2D eigenvalue weighted by atomic mass is 9.99. The number of hydrogen-bond acceptors (Lipinski definition) is 2. The highest BCUT2D eigenvalue weighted by Crippen LogP contribution is 2.22. The highest BCUT2D eigenvalue weighted by Gasteiger charge is 2.15. The van der Waals surface area contributed by atoms with E-state index in [2.05, 4.69) is 14.9 Å². The van der Waals surface area contributed by atoms with Gasteiger partial charge in [0.15, 0.2) is 0 Å². The van der Waals surface area contributed by atoms with Crippen molar-refractivity contribution in [1.82, 2.24) is 14.9 Å². The summed E-state index contributed by atoms with van der Waals surface area (Å²) in [4.78, 5) is 4.21. The van der Waals surface area contributed by atoms with Crippen LogP contribution in [0.5, 0.6) is 0 Å². The molecule has 1 aliphatic heterocycles. The Bertz CT molecular complexity index is 544. The normalized spacial score (nSPS) is 19.5. The summed E-state index contributed by atoms with van der Waals surface area (Å²) < 4.78 is 15.4. The predicted molar refractivity (Wildman–Crippen MR) is 73.2 cm³/mol. The molecule has 1 saturated heterocycles. The number of hydrogen-bond donors (Lipinski definition) is 1. The number of piperidine rings is 1. The molecule has 1 unspecified atom stereocenters. The van der Waals surface area contributed by atoms with Gasteiger partial charge in [0, 0.05) is 12.1 Å². The highest BCUT2D eigenvalue weighted by atomic mass is 19.1. The van der Waals surface area contributed by atoms with Crippen molar-refractivity contribution in [3.8, 4) is 11.3 Å². The van der Waals surface area contributed by atoms with E-state index in [4.69, 9.17) is 0 Å². The van der Waals surface area contributed by atoms with E-state index in [0.29, 0.717) is 5.92 Å². The summed E-state index contributed by atoms with van der Waals surface area (Å²) in [5, 5.41) is 3.42. The molecule has 1 aromatic heterocycles. The molecule has 100 valence electrons. The lowest BCUT2D eigenvalue weighted by molar-refractivity contribution is 0.338. The number of halogens is 1. The fraction of sp³-hybridized carbons (Fsp3) is 0.400. The highest BCUT2D eigenvalue weighted by molar-refractivity contribution is 5.58. The first kappa shape index (κ1) is 12.4. The number of nitrogens with one attached hydrogen (secondary N) is 1. The van der Waals surface area contributed by atoms with Crippen molar-refractivity contribution in [2.24, 2.45) is 5.92 Å². The van der Waals surface area contributed by atoms with Crippen LogP contribution >= 0.6 is 0 Å². The van der Waals surface area contributed by atoms with Crippen LogP contribution in [0, 0.1) is 11.7 Å². The number of benzene rings is 1. The average Bonchev–Trinajstić information content (AvgIpc) is 2.88. The molecule has 0 amide bonds. The van der Waals surface area contributed by atoms with Gasteiger partial charge in [0.2, 0.25) is 0 Å². The molecule has 4 heteroatoms. The van der Waals surface area contributed by atoms with Gasteiger partial charge in [-0.3, -0.25) is 0 Å². The molecule has 3 rings (SSSR count). The van der Waals surface area contributed by atoms with Gasteiger partial charge in [0.25, 0.3) is 0 Å².